The molecule has 1 aromatic carbocycles. The molecule has 1 aromatic rings. The number of benzene rings is 1. The van der Waals surface area contributed by atoms with E-state index in [-0.39, 0.29) is 17.7 Å². The van der Waals surface area contributed by atoms with Crippen molar-refractivity contribution >= 4 is 5.97 Å². The molecule has 3 N–H and O–H groups in total. The zero-order valence-electron chi connectivity index (χ0n) is 9.10. The summed E-state index contributed by atoms with van der Waals surface area (Å²) in [5, 5.41) is 21.6. The third-order valence-electron chi connectivity index (χ3n) is 3.12. The van der Waals surface area contributed by atoms with Crippen LogP contribution in [0, 0.1) is 12.8 Å². The molecule has 0 spiro atoms. The molecule has 4 heteroatoms. The van der Waals surface area contributed by atoms with Crippen molar-refractivity contribution in [3.05, 3.63) is 29.3 Å². The van der Waals surface area contributed by atoms with Crippen molar-refractivity contribution in [1.82, 2.24) is 5.32 Å². The van der Waals surface area contributed by atoms with Crippen LogP contribution in [-0.4, -0.2) is 22.7 Å². The fraction of sp³-hybridized carbons (Fsp3) is 0.417. The first kappa shape index (κ1) is 11.0. The Morgan fingerprint density at radius 2 is 2.25 bits per heavy atom. The molecule has 86 valence electrons. The standard InChI is InChI=1S/C12H15NO3/c1-7-2-3-8(5-11(7)14)10-4-9(6-13-10)12(15)16/h2-3,5,9-10,13-14H,4,6H2,1H3,(H,15,16). The van der Waals surface area contributed by atoms with Gasteiger partial charge in [0.15, 0.2) is 0 Å². The Morgan fingerprint density at radius 3 is 2.81 bits per heavy atom. The highest BCUT2D eigenvalue weighted by molar-refractivity contribution is 5.70. The number of aryl methyl sites for hydroxylation is 1. The number of carboxylic acid groups (broad SMARTS) is 1. The van der Waals surface area contributed by atoms with Crippen LogP contribution in [0.3, 0.4) is 0 Å². The Labute approximate surface area is 93.9 Å². The number of nitrogens with one attached hydrogen (secondary N) is 1. The second-order valence-corrected chi connectivity index (χ2v) is 4.28. The first-order valence-electron chi connectivity index (χ1n) is 5.33. The highest BCUT2D eigenvalue weighted by Gasteiger charge is 2.30. The van der Waals surface area contributed by atoms with E-state index in [0.717, 1.165) is 11.1 Å². The number of phenolic OH excluding ortho intramolecular Hbond substituents is 1. The van der Waals surface area contributed by atoms with Crippen LogP contribution < -0.4 is 5.32 Å². The van der Waals surface area contributed by atoms with Gasteiger partial charge in [-0.25, -0.2) is 0 Å². The van der Waals surface area contributed by atoms with Crippen molar-refractivity contribution in [2.75, 3.05) is 6.54 Å². The maximum atomic E-state index is 10.8. The second-order valence-electron chi connectivity index (χ2n) is 4.28. The lowest BCUT2D eigenvalue weighted by Gasteiger charge is -2.11. The molecule has 1 fully saturated rings. The Kier molecular flexibility index (Phi) is 2.83. The SMILES string of the molecule is Cc1ccc(C2CC(C(=O)O)CN2)cc1O. The minimum Gasteiger partial charge on any atom is -0.508 e. The van der Waals surface area contributed by atoms with E-state index < -0.39 is 5.97 Å². The summed E-state index contributed by atoms with van der Waals surface area (Å²) in [7, 11) is 0. The molecule has 2 unspecified atom stereocenters. The highest BCUT2D eigenvalue weighted by atomic mass is 16.4. The molecule has 0 saturated carbocycles. The molecule has 0 amide bonds. The smallest absolute Gasteiger partial charge is 0.307 e. The van der Waals surface area contributed by atoms with Gasteiger partial charge in [-0.3, -0.25) is 4.79 Å². The molecule has 0 radical (unpaired) electrons. The molecule has 4 nitrogen and oxygen atoms in total. The van der Waals surface area contributed by atoms with E-state index in [1.165, 1.54) is 0 Å². The number of carboxylic acids is 1. The molecule has 2 rings (SSSR count). The Bertz CT molecular complexity index is 417. The van der Waals surface area contributed by atoms with Gasteiger partial charge in [-0.15, -0.1) is 0 Å². The lowest BCUT2D eigenvalue weighted by Crippen LogP contribution is -2.17. The predicted octanol–water partition coefficient (Wildman–Crippen LogP) is 1.44. The Morgan fingerprint density at radius 1 is 1.50 bits per heavy atom. The third-order valence-corrected chi connectivity index (χ3v) is 3.12. The first-order valence-corrected chi connectivity index (χ1v) is 5.33. The number of aliphatic carboxylic acids is 1. The topological polar surface area (TPSA) is 69.6 Å². The van der Waals surface area contributed by atoms with Gasteiger partial charge >= 0.3 is 5.97 Å². The number of phenols is 1. The average Bonchev–Trinajstić information content (AvgIpc) is 2.71. The number of rotatable bonds is 2. The van der Waals surface area contributed by atoms with E-state index in [0.29, 0.717) is 13.0 Å². The monoisotopic (exact) mass is 221 g/mol. The van der Waals surface area contributed by atoms with E-state index in [2.05, 4.69) is 5.32 Å². The normalized spacial score (nSPS) is 24.6. The van der Waals surface area contributed by atoms with E-state index in [1.807, 2.05) is 19.1 Å². The van der Waals surface area contributed by atoms with Crippen LogP contribution in [-0.2, 0) is 4.79 Å². The summed E-state index contributed by atoms with van der Waals surface area (Å²) in [5.41, 5.74) is 1.78. The third kappa shape index (κ3) is 2.02. The van der Waals surface area contributed by atoms with Crippen molar-refractivity contribution in [2.24, 2.45) is 5.92 Å². The fourth-order valence-electron chi connectivity index (χ4n) is 2.02. The molecule has 16 heavy (non-hydrogen) atoms. The zero-order valence-corrected chi connectivity index (χ0v) is 9.10. The lowest BCUT2D eigenvalue weighted by molar-refractivity contribution is -0.141. The van der Waals surface area contributed by atoms with E-state index in [1.54, 1.807) is 6.07 Å². The van der Waals surface area contributed by atoms with Crippen LogP contribution in [0.2, 0.25) is 0 Å². The molecule has 1 aliphatic rings. The molecule has 0 bridgehead atoms. The molecule has 0 aliphatic carbocycles. The van der Waals surface area contributed by atoms with Gasteiger partial charge in [0.2, 0.25) is 0 Å². The number of carbonyl (C=O) groups is 1. The van der Waals surface area contributed by atoms with Crippen molar-refractivity contribution in [3.8, 4) is 5.75 Å². The summed E-state index contributed by atoms with van der Waals surface area (Å²) < 4.78 is 0. The summed E-state index contributed by atoms with van der Waals surface area (Å²) in [6, 6.07) is 5.52. The Hall–Kier alpha value is -1.55. The van der Waals surface area contributed by atoms with Crippen LogP contribution in [0.15, 0.2) is 18.2 Å². The highest BCUT2D eigenvalue weighted by Crippen LogP contribution is 2.30. The summed E-state index contributed by atoms with van der Waals surface area (Å²) in [6.07, 6.45) is 0.581. The first-order chi connectivity index (χ1) is 7.58. The molecular formula is C12H15NO3. The van der Waals surface area contributed by atoms with Gasteiger partial charge in [-0.1, -0.05) is 12.1 Å². The number of hydrogen-bond acceptors (Lipinski definition) is 3. The summed E-state index contributed by atoms with van der Waals surface area (Å²) in [4.78, 5) is 10.8. The summed E-state index contributed by atoms with van der Waals surface area (Å²) in [6.45, 7) is 2.33. The summed E-state index contributed by atoms with van der Waals surface area (Å²) >= 11 is 0. The van der Waals surface area contributed by atoms with E-state index in [4.69, 9.17) is 5.11 Å². The molecule has 1 heterocycles. The largest absolute Gasteiger partial charge is 0.508 e. The molecule has 0 aromatic heterocycles. The van der Waals surface area contributed by atoms with Crippen LogP contribution in [0.5, 0.6) is 5.75 Å². The van der Waals surface area contributed by atoms with Crippen LogP contribution in [0.25, 0.3) is 0 Å². The van der Waals surface area contributed by atoms with Crippen LogP contribution >= 0.6 is 0 Å². The van der Waals surface area contributed by atoms with Gasteiger partial charge in [-0.05, 0) is 30.5 Å². The minimum atomic E-state index is -0.758. The average molecular weight is 221 g/mol. The van der Waals surface area contributed by atoms with E-state index in [9.17, 15) is 9.90 Å². The quantitative estimate of drug-likeness (QED) is 0.706. The zero-order chi connectivity index (χ0) is 11.7. The second kappa shape index (κ2) is 4.14. The molecule has 2 atom stereocenters. The maximum absolute atomic E-state index is 10.8. The molecule has 1 aliphatic heterocycles. The van der Waals surface area contributed by atoms with Gasteiger partial charge in [0.25, 0.3) is 0 Å². The molecular weight excluding hydrogens is 206 g/mol. The van der Waals surface area contributed by atoms with Gasteiger partial charge in [0, 0.05) is 12.6 Å². The van der Waals surface area contributed by atoms with Crippen molar-refractivity contribution < 1.29 is 15.0 Å². The van der Waals surface area contributed by atoms with Gasteiger partial charge in [0.1, 0.15) is 5.75 Å². The van der Waals surface area contributed by atoms with E-state index >= 15 is 0 Å². The predicted molar refractivity (Wildman–Crippen MR) is 59.3 cm³/mol. The van der Waals surface area contributed by atoms with Gasteiger partial charge in [0.05, 0.1) is 5.92 Å². The minimum absolute atomic E-state index is 0.0348. The van der Waals surface area contributed by atoms with Gasteiger partial charge in [-0.2, -0.15) is 0 Å². The van der Waals surface area contributed by atoms with Crippen LogP contribution in [0.1, 0.15) is 23.6 Å². The lowest BCUT2D eigenvalue weighted by atomic mass is 9.99. The Balaban J connectivity index is 2.14. The van der Waals surface area contributed by atoms with Crippen molar-refractivity contribution in [1.29, 1.82) is 0 Å². The number of hydrogen-bond donors (Lipinski definition) is 3. The maximum Gasteiger partial charge on any atom is 0.307 e. The number of aromatic hydroxyl groups is 1. The summed E-state index contributed by atoms with van der Waals surface area (Å²) in [5.74, 6) is -0.821. The van der Waals surface area contributed by atoms with Crippen molar-refractivity contribution in [2.45, 2.75) is 19.4 Å². The van der Waals surface area contributed by atoms with Crippen LogP contribution in [0.4, 0.5) is 0 Å². The fourth-order valence-corrected chi connectivity index (χ4v) is 2.02. The van der Waals surface area contributed by atoms with Gasteiger partial charge < -0.3 is 15.5 Å². The van der Waals surface area contributed by atoms with Crippen molar-refractivity contribution in [3.63, 3.8) is 0 Å². The molecule has 1 saturated heterocycles.